The van der Waals surface area contributed by atoms with Gasteiger partial charge in [-0.3, -0.25) is 0 Å². The van der Waals surface area contributed by atoms with Gasteiger partial charge in [0, 0.05) is 6.54 Å². The molecule has 1 aromatic heterocycles. The summed E-state index contributed by atoms with van der Waals surface area (Å²) in [6.45, 7) is 0.264. The maximum absolute atomic E-state index is 12.5. The van der Waals surface area contributed by atoms with Crippen LogP contribution < -0.4 is 15.4 Å². The molecule has 1 rings (SSSR count). The number of halogens is 3. The van der Waals surface area contributed by atoms with Crippen LogP contribution in [0.1, 0.15) is 13.3 Å². The standard InChI is InChI=1S/C11H17F3N4O2/c1-2-5-20-10-8(15)9(16-7-17-10)18(3-4-19)6-11(12,13)14/h7,19H,2-6,15H2,1H3. The predicted octanol–water partition coefficient (Wildman–Crippen LogP) is 1.21. The van der Waals surface area contributed by atoms with Crippen LogP contribution in [0.5, 0.6) is 5.88 Å². The zero-order valence-electron chi connectivity index (χ0n) is 11.0. The van der Waals surface area contributed by atoms with Gasteiger partial charge in [0.05, 0.1) is 13.2 Å². The van der Waals surface area contributed by atoms with Gasteiger partial charge in [0.1, 0.15) is 18.6 Å². The summed E-state index contributed by atoms with van der Waals surface area (Å²) in [5.74, 6) is -0.0561. The number of nitrogen functional groups attached to an aromatic ring is 1. The Hall–Kier alpha value is -1.77. The number of hydrogen-bond acceptors (Lipinski definition) is 6. The Morgan fingerprint density at radius 1 is 1.40 bits per heavy atom. The minimum Gasteiger partial charge on any atom is -0.476 e. The molecule has 1 heterocycles. The molecule has 0 aliphatic rings. The fourth-order valence-corrected chi connectivity index (χ4v) is 1.53. The molecule has 0 saturated carbocycles. The average molecular weight is 294 g/mol. The van der Waals surface area contributed by atoms with E-state index in [2.05, 4.69) is 9.97 Å². The van der Waals surface area contributed by atoms with Gasteiger partial charge in [0.15, 0.2) is 5.82 Å². The third kappa shape index (κ3) is 4.72. The Morgan fingerprint density at radius 2 is 2.10 bits per heavy atom. The predicted molar refractivity (Wildman–Crippen MR) is 67.6 cm³/mol. The van der Waals surface area contributed by atoms with Crippen LogP contribution in [0.2, 0.25) is 0 Å². The Labute approximate surface area is 114 Å². The zero-order valence-corrected chi connectivity index (χ0v) is 11.0. The number of ether oxygens (including phenoxy) is 1. The van der Waals surface area contributed by atoms with E-state index in [0.717, 1.165) is 11.2 Å². The molecule has 114 valence electrons. The molecule has 9 heteroatoms. The van der Waals surface area contributed by atoms with Crippen LogP contribution in [-0.4, -0.2) is 47.6 Å². The highest BCUT2D eigenvalue weighted by Crippen LogP contribution is 2.30. The number of nitrogens with two attached hydrogens (primary N) is 1. The molecule has 0 aliphatic carbocycles. The second kappa shape index (κ2) is 7.13. The molecule has 0 saturated heterocycles. The van der Waals surface area contributed by atoms with Crippen molar-refractivity contribution in [3.05, 3.63) is 6.33 Å². The third-order valence-electron chi connectivity index (χ3n) is 2.31. The van der Waals surface area contributed by atoms with E-state index < -0.39 is 19.3 Å². The highest BCUT2D eigenvalue weighted by Gasteiger charge is 2.32. The number of anilines is 2. The minimum absolute atomic E-state index is 0.0435. The highest BCUT2D eigenvalue weighted by atomic mass is 19.4. The van der Waals surface area contributed by atoms with Crippen LogP contribution in [0, 0.1) is 0 Å². The molecule has 0 atom stereocenters. The van der Waals surface area contributed by atoms with E-state index in [9.17, 15) is 13.2 Å². The second-order valence-corrected chi connectivity index (χ2v) is 4.02. The summed E-state index contributed by atoms with van der Waals surface area (Å²) in [4.78, 5) is 8.38. The van der Waals surface area contributed by atoms with Crippen LogP contribution in [0.3, 0.4) is 0 Å². The molecular weight excluding hydrogens is 277 g/mol. The maximum Gasteiger partial charge on any atom is 0.405 e. The van der Waals surface area contributed by atoms with Crippen molar-refractivity contribution in [2.45, 2.75) is 19.5 Å². The van der Waals surface area contributed by atoms with Gasteiger partial charge in [-0.1, -0.05) is 6.92 Å². The third-order valence-corrected chi connectivity index (χ3v) is 2.31. The number of hydrogen-bond donors (Lipinski definition) is 2. The van der Waals surface area contributed by atoms with Gasteiger partial charge in [0.25, 0.3) is 0 Å². The largest absolute Gasteiger partial charge is 0.476 e. The molecule has 20 heavy (non-hydrogen) atoms. The molecule has 0 fully saturated rings. The number of alkyl halides is 3. The summed E-state index contributed by atoms with van der Waals surface area (Å²) < 4.78 is 42.8. The zero-order chi connectivity index (χ0) is 15.2. The first-order valence-corrected chi connectivity index (χ1v) is 6.04. The SMILES string of the molecule is CCCOc1ncnc(N(CCO)CC(F)(F)F)c1N. The molecule has 0 spiro atoms. The number of rotatable bonds is 7. The van der Waals surface area contributed by atoms with Gasteiger partial charge in [0.2, 0.25) is 5.88 Å². The monoisotopic (exact) mass is 294 g/mol. The normalized spacial score (nSPS) is 11.4. The second-order valence-electron chi connectivity index (χ2n) is 4.02. The van der Waals surface area contributed by atoms with E-state index in [1.807, 2.05) is 6.92 Å². The van der Waals surface area contributed by atoms with Gasteiger partial charge in [-0.05, 0) is 6.42 Å². The number of nitrogens with zero attached hydrogens (tertiary/aromatic N) is 3. The van der Waals surface area contributed by atoms with Crippen molar-refractivity contribution in [2.75, 3.05) is 36.9 Å². The van der Waals surface area contributed by atoms with Crippen LogP contribution >= 0.6 is 0 Å². The van der Waals surface area contributed by atoms with Crippen molar-refractivity contribution in [3.8, 4) is 5.88 Å². The average Bonchev–Trinajstić information content (AvgIpc) is 2.35. The minimum atomic E-state index is -4.43. The molecule has 0 radical (unpaired) electrons. The highest BCUT2D eigenvalue weighted by molar-refractivity contribution is 5.67. The lowest BCUT2D eigenvalue weighted by Gasteiger charge is -2.25. The Kier molecular flexibility index (Phi) is 5.81. The van der Waals surface area contributed by atoms with E-state index in [-0.39, 0.29) is 23.9 Å². The van der Waals surface area contributed by atoms with Crippen molar-refractivity contribution in [3.63, 3.8) is 0 Å². The summed E-state index contributed by atoms with van der Waals surface area (Å²) in [5, 5.41) is 8.87. The molecular formula is C11H17F3N4O2. The van der Waals surface area contributed by atoms with Crippen molar-refractivity contribution in [1.29, 1.82) is 0 Å². The summed E-state index contributed by atoms with van der Waals surface area (Å²) in [7, 11) is 0. The van der Waals surface area contributed by atoms with E-state index in [0.29, 0.717) is 13.0 Å². The number of aliphatic hydroxyl groups excluding tert-OH is 1. The molecule has 0 bridgehead atoms. The first-order chi connectivity index (χ1) is 9.39. The summed E-state index contributed by atoms with van der Waals surface area (Å²) >= 11 is 0. The van der Waals surface area contributed by atoms with E-state index >= 15 is 0 Å². The van der Waals surface area contributed by atoms with Crippen molar-refractivity contribution < 1.29 is 23.0 Å². The topological polar surface area (TPSA) is 84.5 Å². The van der Waals surface area contributed by atoms with Crippen molar-refractivity contribution >= 4 is 11.5 Å². The van der Waals surface area contributed by atoms with Gasteiger partial charge in [-0.15, -0.1) is 0 Å². The van der Waals surface area contributed by atoms with Gasteiger partial charge in [-0.25, -0.2) is 4.98 Å². The quantitative estimate of drug-likeness (QED) is 0.786. The summed E-state index contributed by atoms with van der Waals surface area (Å²) in [5.41, 5.74) is 5.66. The van der Waals surface area contributed by atoms with E-state index in [4.69, 9.17) is 15.6 Å². The molecule has 6 nitrogen and oxygen atoms in total. The lowest BCUT2D eigenvalue weighted by atomic mass is 10.3. The van der Waals surface area contributed by atoms with Gasteiger partial charge < -0.3 is 20.5 Å². The van der Waals surface area contributed by atoms with Crippen LogP contribution in [-0.2, 0) is 0 Å². The van der Waals surface area contributed by atoms with Crippen molar-refractivity contribution in [1.82, 2.24) is 9.97 Å². The Morgan fingerprint density at radius 3 is 2.65 bits per heavy atom. The van der Waals surface area contributed by atoms with Crippen LogP contribution in [0.15, 0.2) is 6.33 Å². The molecule has 0 amide bonds. The first-order valence-electron chi connectivity index (χ1n) is 6.04. The fourth-order valence-electron chi connectivity index (χ4n) is 1.53. The molecule has 0 aliphatic heterocycles. The molecule has 0 aromatic carbocycles. The fraction of sp³-hybridized carbons (Fsp3) is 0.636. The molecule has 0 unspecified atom stereocenters. The lowest BCUT2D eigenvalue weighted by Crippen LogP contribution is -2.37. The Bertz CT molecular complexity index is 429. The van der Waals surface area contributed by atoms with Crippen molar-refractivity contribution in [2.24, 2.45) is 0 Å². The lowest BCUT2D eigenvalue weighted by molar-refractivity contribution is -0.119. The van der Waals surface area contributed by atoms with Crippen LogP contribution in [0.25, 0.3) is 0 Å². The maximum atomic E-state index is 12.5. The molecule has 3 N–H and O–H groups in total. The first kappa shape index (κ1) is 16.3. The van der Waals surface area contributed by atoms with E-state index in [1.165, 1.54) is 0 Å². The molecule has 1 aromatic rings. The van der Waals surface area contributed by atoms with E-state index in [1.54, 1.807) is 0 Å². The van der Waals surface area contributed by atoms with Crippen LogP contribution in [0.4, 0.5) is 24.7 Å². The number of aromatic nitrogens is 2. The smallest absolute Gasteiger partial charge is 0.405 e. The van der Waals surface area contributed by atoms with Gasteiger partial charge in [-0.2, -0.15) is 18.2 Å². The van der Waals surface area contributed by atoms with Gasteiger partial charge >= 0.3 is 6.18 Å². The summed E-state index contributed by atoms with van der Waals surface area (Å²) in [6, 6.07) is 0. The number of aliphatic hydroxyl groups is 1. The Balaban J connectivity index is 3.00. The summed E-state index contributed by atoms with van der Waals surface area (Å²) in [6.07, 6.45) is -2.64.